The molecule has 102 valence electrons. The lowest BCUT2D eigenvalue weighted by atomic mass is 10.0. The predicted octanol–water partition coefficient (Wildman–Crippen LogP) is 2.99. The molecule has 0 aliphatic heterocycles. The Labute approximate surface area is 113 Å². The smallest absolute Gasteiger partial charge is 0.308 e. The fraction of sp³-hybridized carbons (Fsp3) is 0.643. The van der Waals surface area contributed by atoms with Crippen molar-refractivity contribution in [1.82, 2.24) is 0 Å². The number of esters is 1. The standard InChI is InChI=1S/C14H23NO2S/c1-11(5-3-6-12(2)15)14(16)17-9-8-13-7-4-10-18-13/h4,7,10-12H,3,5-6,8-9,15H2,1-2H3. The Balaban J connectivity index is 2.11. The minimum atomic E-state index is -0.0868. The molecule has 4 heteroatoms. The molecule has 0 radical (unpaired) electrons. The van der Waals surface area contributed by atoms with E-state index in [4.69, 9.17) is 10.5 Å². The molecule has 0 spiro atoms. The molecule has 2 atom stereocenters. The second-order valence-corrected chi connectivity index (χ2v) is 5.84. The Hall–Kier alpha value is -0.870. The number of hydrogen-bond donors (Lipinski definition) is 1. The normalized spacial score (nSPS) is 14.2. The molecule has 1 heterocycles. The van der Waals surface area contributed by atoms with Crippen molar-refractivity contribution in [1.29, 1.82) is 0 Å². The van der Waals surface area contributed by atoms with Crippen molar-refractivity contribution < 1.29 is 9.53 Å². The first-order valence-corrected chi connectivity index (χ1v) is 7.42. The molecule has 0 aliphatic carbocycles. The summed E-state index contributed by atoms with van der Waals surface area (Å²) in [5.74, 6) is -0.108. The fourth-order valence-electron chi connectivity index (χ4n) is 1.71. The van der Waals surface area contributed by atoms with E-state index in [9.17, 15) is 4.79 Å². The lowest BCUT2D eigenvalue weighted by molar-refractivity contribution is -0.148. The van der Waals surface area contributed by atoms with Gasteiger partial charge in [-0.1, -0.05) is 19.4 Å². The van der Waals surface area contributed by atoms with Crippen molar-refractivity contribution in [2.24, 2.45) is 11.7 Å². The molecule has 2 N–H and O–H groups in total. The van der Waals surface area contributed by atoms with Crippen LogP contribution < -0.4 is 5.73 Å². The van der Waals surface area contributed by atoms with Crippen LogP contribution in [0.1, 0.15) is 38.0 Å². The van der Waals surface area contributed by atoms with Crippen molar-refractivity contribution in [3.8, 4) is 0 Å². The summed E-state index contributed by atoms with van der Waals surface area (Å²) in [5.41, 5.74) is 5.67. The van der Waals surface area contributed by atoms with Gasteiger partial charge in [0, 0.05) is 17.3 Å². The van der Waals surface area contributed by atoms with Gasteiger partial charge >= 0.3 is 5.97 Å². The second-order valence-electron chi connectivity index (χ2n) is 4.81. The van der Waals surface area contributed by atoms with Gasteiger partial charge in [0.15, 0.2) is 0 Å². The van der Waals surface area contributed by atoms with Crippen LogP contribution in [0.2, 0.25) is 0 Å². The molecule has 0 aromatic carbocycles. The maximum absolute atomic E-state index is 11.7. The minimum absolute atomic E-state index is 0.0212. The number of ether oxygens (including phenoxy) is 1. The van der Waals surface area contributed by atoms with Gasteiger partial charge in [-0.3, -0.25) is 4.79 Å². The van der Waals surface area contributed by atoms with E-state index in [2.05, 4.69) is 6.07 Å². The average Bonchev–Trinajstić information content (AvgIpc) is 2.81. The van der Waals surface area contributed by atoms with Crippen LogP contribution in [-0.4, -0.2) is 18.6 Å². The van der Waals surface area contributed by atoms with E-state index < -0.39 is 0 Å². The van der Waals surface area contributed by atoms with Gasteiger partial charge in [-0.15, -0.1) is 11.3 Å². The maximum atomic E-state index is 11.7. The van der Waals surface area contributed by atoms with E-state index in [1.54, 1.807) is 11.3 Å². The Bertz CT molecular complexity index is 336. The van der Waals surface area contributed by atoms with Gasteiger partial charge in [-0.2, -0.15) is 0 Å². The molecule has 0 saturated carbocycles. The predicted molar refractivity (Wildman–Crippen MR) is 75.6 cm³/mol. The average molecular weight is 269 g/mol. The third-order valence-electron chi connectivity index (χ3n) is 2.87. The number of hydrogen-bond acceptors (Lipinski definition) is 4. The monoisotopic (exact) mass is 269 g/mol. The quantitative estimate of drug-likeness (QED) is 0.738. The van der Waals surface area contributed by atoms with Crippen LogP contribution in [0.5, 0.6) is 0 Å². The van der Waals surface area contributed by atoms with Gasteiger partial charge in [0.25, 0.3) is 0 Å². The molecular formula is C14H23NO2S. The highest BCUT2D eigenvalue weighted by Crippen LogP contribution is 2.12. The zero-order valence-corrected chi connectivity index (χ0v) is 12.0. The largest absolute Gasteiger partial charge is 0.465 e. The maximum Gasteiger partial charge on any atom is 0.308 e. The fourth-order valence-corrected chi connectivity index (χ4v) is 2.40. The van der Waals surface area contributed by atoms with Crippen LogP contribution >= 0.6 is 11.3 Å². The summed E-state index contributed by atoms with van der Waals surface area (Å²) in [6, 6.07) is 4.29. The lowest BCUT2D eigenvalue weighted by Crippen LogP contribution is -2.18. The third-order valence-corrected chi connectivity index (χ3v) is 3.81. The number of carbonyl (C=O) groups excluding carboxylic acids is 1. The molecule has 0 fully saturated rings. The molecule has 2 unspecified atom stereocenters. The van der Waals surface area contributed by atoms with Crippen LogP contribution in [-0.2, 0) is 16.0 Å². The Morgan fingerprint density at radius 1 is 1.44 bits per heavy atom. The highest BCUT2D eigenvalue weighted by molar-refractivity contribution is 7.09. The van der Waals surface area contributed by atoms with E-state index in [1.165, 1.54) is 4.88 Å². The van der Waals surface area contributed by atoms with Gasteiger partial charge in [0.2, 0.25) is 0 Å². The summed E-state index contributed by atoms with van der Waals surface area (Å²) in [5, 5.41) is 2.04. The Morgan fingerprint density at radius 3 is 2.83 bits per heavy atom. The van der Waals surface area contributed by atoms with Crippen LogP contribution in [0, 0.1) is 5.92 Å². The molecule has 0 amide bonds. The van der Waals surface area contributed by atoms with Crippen LogP contribution in [0.25, 0.3) is 0 Å². The van der Waals surface area contributed by atoms with Crippen molar-refractivity contribution in [2.45, 2.75) is 45.6 Å². The summed E-state index contributed by atoms with van der Waals surface area (Å²) >= 11 is 1.69. The SMILES string of the molecule is CC(N)CCCC(C)C(=O)OCCc1cccs1. The molecule has 1 aromatic heterocycles. The number of nitrogens with two attached hydrogens (primary N) is 1. The van der Waals surface area contributed by atoms with Crippen LogP contribution in [0.3, 0.4) is 0 Å². The van der Waals surface area contributed by atoms with Gasteiger partial charge in [0.1, 0.15) is 0 Å². The molecule has 1 rings (SSSR count). The number of thiophene rings is 1. The van der Waals surface area contributed by atoms with E-state index in [-0.39, 0.29) is 17.9 Å². The molecule has 1 aromatic rings. The number of carbonyl (C=O) groups is 1. The first-order chi connectivity index (χ1) is 8.59. The summed E-state index contributed by atoms with van der Waals surface area (Å²) in [6.45, 7) is 4.40. The first kappa shape index (κ1) is 15.2. The minimum Gasteiger partial charge on any atom is -0.465 e. The topological polar surface area (TPSA) is 52.3 Å². The molecular weight excluding hydrogens is 246 g/mol. The van der Waals surface area contributed by atoms with E-state index in [0.29, 0.717) is 6.61 Å². The summed E-state index contributed by atoms with van der Waals surface area (Å²) in [6.07, 6.45) is 3.63. The zero-order chi connectivity index (χ0) is 13.4. The van der Waals surface area contributed by atoms with Crippen molar-refractivity contribution >= 4 is 17.3 Å². The molecule has 0 bridgehead atoms. The summed E-state index contributed by atoms with van der Waals surface area (Å²) < 4.78 is 5.27. The van der Waals surface area contributed by atoms with Gasteiger partial charge in [0.05, 0.1) is 12.5 Å². The van der Waals surface area contributed by atoms with Crippen LogP contribution in [0.4, 0.5) is 0 Å². The molecule has 0 aliphatic rings. The van der Waals surface area contributed by atoms with Crippen LogP contribution in [0.15, 0.2) is 17.5 Å². The molecule has 18 heavy (non-hydrogen) atoms. The Morgan fingerprint density at radius 2 is 2.22 bits per heavy atom. The molecule has 0 saturated heterocycles. The second kappa shape index (κ2) is 8.27. The van der Waals surface area contributed by atoms with Gasteiger partial charge in [-0.05, 0) is 31.2 Å². The van der Waals surface area contributed by atoms with E-state index in [0.717, 1.165) is 25.7 Å². The highest BCUT2D eigenvalue weighted by atomic mass is 32.1. The van der Waals surface area contributed by atoms with Crippen molar-refractivity contribution in [3.05, 3.63) is 22.4 Å². The lowest BCUT2D eigenvalue weighted by Gasteiger charge is -2.11. The third kappa shape index (κ3) is 6.17. The van der Waals surface area contributed by atoms with E-state index >= 15 is 0 Å². The van der Waals surface area contributed by atoms with Crippen molar-refractivity contribution in [2.75, 3.05) is 6.61 Å². The first-order valence-electron chi connectivity index (χ1n) is 6.54. The zero-order valence-electron chi connectivity index (χ0n) is 11.2. The van der Waals surface area contributed by atoms with Gasteiger partial charge < -0.3 is 10.5 Å². The number of rotatable bonds is 8. The molecule has 3 nitrogen and oxygen atoms in total. The highest BCUT2D eigenvalue weighted by Gasteiger charge is 2.14. The van der Waals surface area contributed by atoms with Gasteiger partial charge in [-0.25, -0.2) is 0 Å². The summed E-state index contributed by atoms with van der Waals surface area (Å²) in [4.78, 5) is 13.0. The summed E-state index contributed by atoms with van der Waals surface area (Å²) in [7, 11) is 0. The Kier molecular flexibility index (Phi) is 6.98. The van der Waals surface area contributed by atoms with E-state index in [1.807, 2.05) is 25.3 Å². The van der Waals surface area contributed by atoms with Crippen molar-refractivity contribution in [3.63, 3.8) is 0 Å².